The lowest BCUT2D eigenvalue weighted by molar-refractivity contribution is -0.132. The van der Waals surface area contributed by atoms with Gasteiger partial charge in [0.25, 0.3) is 0 Å². The molecule has 5 nitrogen and oxygen atoms in total. The molecule has 33 heavy (non-hydrogen) atoms. The van der Waals surface area contributed by atoms with Crippen LogP contribution in [-0.4, -0.2) is 45.3 Å². The summed E-state index contributed by atoms with van der Waals surface area (Å²) in [6.07, 6.45) is 10.8. The summed E-state index contributed by atoms with van der Waals surface area (Å²) in [5.41, 5.74) is 5.03. The number of likely N-dealkylation sites (tertiary alicyclic amines) is 1. The fourth-order valence-electron chi connectivity index (χ4n) is 4.59. The molecule has 0 atom stereocenters. The van der Waals surface area contributed by atoms with Crippen LogP contribution in [0.15, 0.2) is 73.3 Å². The van der Waals surface area contributed by atoms with Gasteiger partial charge < -0.3 is 4.90 Å². The van der Waals surface area contributed by atoms with Crippen LogP contribution in [0.5, 0.6) is 0 Å². The number of carbonyl (C=O) groups excluding carboxylic acids is 1. The lowest BCUT2D eigenvalue weighted by Gasteiger charge is -2.35. The van der Waals surface area contributed by atoms with Crippen LogP contribution >= 0.6 is 0 Å². The number of hydrogen-bond acceptors (Lipinski definition) is 4. The number of aromatic nitrogens is 2. The Labute approximate surface area is 197 Å². The zero-order valence-corrected chi connectivity index (χ0v) is 19.6. The maximum Gasteiger partial charge on any atom is 0.223 e. The predicted octanol–water partition coefficient (Wildman–Crippen LogP) is 4.66. The van der Waals surface area contributed by atoms with Crippen molar-refractivity contribution in [3.8, 4) is 0 Å². The standard InChI is InChI=1S/C28H34N4O/c1-23-5-2-3-7-27(23)22-31-17-12-25(13-18-31)20-32(21-26-6-4-14-30-19-26)28(33)9-8-24-10-15-29-16-11-24/h2-7,10-11,14-16,19,25H,8-9,12-13,17-18,20-22H2,1H3. The first kappa shape index (κ1) is 23.1. The first-order valence-electron chi connectivity index (χ1n) is 12.0. The number of pyridine rings is 2. The van der Waals surface area contributed by atoms with Crippen LogP contribution in [0, 0.1) is 12.8 Å². The quantitative estimate of drug-likeness (QED) is 0.484. The normalized spacial score (nSPS) is 14.8. The number of benzene rings is 1. The molecule has 3 aromatic rings. The van der Waals surface area contributed by atoms with E-state index in [9.17, 15) is 4.79 Å². The van der Waals surface area contributed by atoms with E-state index in [4.69, 9.17) is 0 Å². The first-order valence-corrected chi connectivity index (χ1v) is 12.0. The summed E-state index contributed by atoms with van der Waals surface area (Å²) >= 11 is 0. The molecule has 0 aliphatic carbocycles. The van der Waals surface area contributed by atoms with Crippen LogP contribution in [0.25, 0.3) is 0 Å². The van der Waals surface area contributed by atoms with Crippen molar-refractivity contribution in [2.45, 2.75) is 45.7 Å². The third-order valence-corrected chi connectivity index (χ3v) is 6.67. The van der Waals surface area contributed by atoms with E-state index in [2.05, 4.69) is 57.0 Å². The van der Waals surface area contributed by atoms with E-state index >= 15 is 0 Å². The molecule has 1 fully saturated rings. The van der Waals surface area contributed by atoms with Crippen molar-refractivity contribution >= 4 is 5.91 Å². The topological polar surface area (TPSA) is 49.3 Å². The van der Waals surface area contributed by atoms with Crippen molar-refractivity contribution in [1.82, 2.24) is 19.8 Å². The smallest absolute Gasteiger partial charge is 0.223 e. The molecule has 4 rings (SSSR count). The average molecular weight is 443 g/mol. The Morgan fingerprint density at radius 1 is 0.970 bits per heavy atom. The molecular weight excluding hydrogens is 408 g/mol. The summed E-state index contributed by atoms with van der Waals surface area (Å²) < 4.78 is 0. The number of aryl methyl sites for hydroxylation is 2. The molecule has 0 unspecified atom stereocenters. The predicted molar refractivity (Wildman–Crippen MR) is 131 cm³/mol. The molecule has 1 aliphatic heterocycles. The highest BCUT2D eigenvalue weighted by molar-refractivity contribution is 5.76. The van der Waals surface area contributed by atoms with Gasteiger partial charge in [-0.25, -0.2) is 0 Å². The molecule has 1 saturated heterocycles. The second-order valence-corrected chi connectivity index (χ2v) is 9.14. The van der Waals surface area contributed by atoms with Gasteiger partial charge in [0.15, 0.2) is 0 Å². The highest BCUT2D eigenvalue weighted by atomic mass is 16.2. The largest absolute Gasteiger partial charge is 0.338 e. The van der Waals surface area contributed by atoms with Gasteiger partial charge in [0.1, 0.15) is 0 Å². The van der Waals surface area contributed by atoms with E-state index in [0.29, 0.717) is 18.9 Å². The molecule has 0 bridgehead atoms. The van der Waals surface area contributed by atoms with Crippen LogP contribution in [0.1, 0.15) is 41.5 Å². The van der Waals surface area contributed by atoms with Gasteiger partial charge in [-0.3, -0.25) is 19.7 Å². The van der Waals surface area contributed by atoms with E-state index in [1.54, 1.807) is 18.6 Å². The Morgan fingerprint density at radius 3 is 2.48 bits per heavy atom. The minimum Gasteiger partial charge on any atom is -0.338 e. The summed E-state index contributed by atoms with van der Waals surface area (Å²) in [6, 6.07) is 16.6. The van der Waals surface area contributed by atoms with E-state index < -0.39 is 0 Å². The molecular formula is C28H34N4O. The zero-order valence-electron chi connectivity index (χ0n) is 19.6. The summed E-state index contributed by atoms with van der Waals surface area (Å²) in [6.45, 7) is 6.84. The molecule has 1 aromatic carbocycles. The summed E-state index contributed by atoms with van der Waals surface area (Å²) in [5, 5.41) is 0. The summed E-state index contributed by atoms with van der Waals surface area (Å²) in [4.78, 5) is 26.1. The number of amides is 1. The molecule has 3 heterocycles. The molecule has 2 aromatic heterocycles. The number of carbonyl (C=O) groups is 1. The highest BCUT2D eigenvalue weighted by Gasteiger charge is 2.24. The fraction of sp³-hybridized carbons (Fsp3) is 0.393. The van der Waals surface area contributed by atoms with E-state index in [1.165, 1.54) is 11.1 Å². The number of rotatable bonds is 9. The average Bonchev–Trinajstić information content (AvgIpc) is 2.86. The fourth-order valence-corrected chi connectivity index (χ4v) is 4.59. The SMILES string of the molecule is Cc1ccccc1CN1CCC(CN(Cc2cccnc2)C(=O)CCc2ccncc2)CC1. The van der Waals surface area contributed by atoms with E-state index in [-0.39, 0.29) is 5.91 Å². The third kappa shape index (κ3) is 6.96. The van der Waals surface area contributed by atoms with Crippen molar-refractivity contribution in [1.29, 1.82) is 0 Å². The van der Waals surface area contributed by atoms with E-state index in [1.807, 2.05) is 24.4 Å². The molecule has 1 aliphatic rings. The Morgan fingerprint density at radius 2 is 1.76 bits per heavy atom. The monoisotopic (exact) mass is 442 g/mol. The van der Waals surface area contributed by atoms with Gasteiger partial charge in [0, 0.05) is 50.8 Å². The van der Waals surface area contributed by atoms with Gasteiger partial charge in [-0.2, -0.15) is 0 Å². The van der Waals surface area contributed by atoms with Gasteiger partial charge in [0.05, 0.1) is 0 Å². The van der Waals surface area contributed by atoms with E-state index in [0.717, 1.165) is 56.6 Å². The summed E-state index contributed by atoms with van der Waals surface area (Å²) in [5.74, 6) is 0.762. The molecule has 0 radical (unpaired) electrons. The maximum absolute atomic E-state index is 13.2. The third-order valence-electron chi connectivity index (χ3n) is 6.67. The molecule has 172 valence electrons. The number of piperidine rings is 1. The highest BCUT2D eigenvalue weighted by Crippen LogP contribution is 2.22. The first-order chi connectivity index (χ1) is 16.2. The molecule has 0 N–H and O–H groups in total. The second kappa shape index (κ2) is 11.7. The van der Waals surface area contributed by atoms with Crippen molar-refractivity contribution in [2.24, 2.45) is 5.92 Å². The Hall–Kier alpha value is -3.05. The van der Waals surface area contributed by atoms with Crippen molar-refractivity contribution in [3.63, 3.8) is 0 Å². The number of nitrogens with zero attached hydrogens (tertiary/aromatic N) is 4. The van der Waals surface area contributed by atoms with Gasteiger partial charge >= 0.3 is 0 Å². The maximum atomic E-state index is 13.2. The van der Waals surface area contributed by atoms with Gasteiger partial charge in [-0.15, -0.1) is 0 Å². The van der Waals surface area contributed by atoms with Crippen molar-refractivity contribution in [2.75, 3.05) is 19.6 Å². The minimum atomic E-state index is 0.220. The minimum absolute atomic E-state index is 0.220. The van der Waals surface area contributed by atoms with Crippen LogP contribution in [0.2, 0.25) is 0 Å². The van der Waals surface area contributed by atoms with Crippen molar-refractivity contribution < 1.29 is 4.79 Å². The van der Waals surface area contributed by atoms with Gasteiger partial charge in [-0.05, 0) is 85.6 Å². The lowest BCUT2D eigenvalue weighted by atomic mass is 9.95. The van der Waals surface area contributed by atoms with Crippen LogP contribution < -0.4 is 0 Å². The lowest BCUT2D eigenvalue weighted by Crippen LogP contribution is -2.40. The second-order valence-electron chi connectivity index (χ2n) is 9.14. The Bertz CT molecular complexity index is 1000. The Balaban J connectivity index is 1.33. The van der Waals surface area contributed by atoms with Crippen LogP contribution in [-0.2, 0) is 24.3 Å². The molecule has 1 amide bonds. The van der Waals surface area contributed by atoms with Gasteiger partial charge in [0.2, 0.25) is 5.91 Å². The van der Waals surface area contributed by atoms with Crippen molar-refractivity contribution in [3.05, 3.63) is 95.6 Å². The number of hydrogen-bond donors (Lipinski definition) is 0. The van der Waals surface area contributed by atoms with Crippen LogP contribution in [0.3, 0.4) is 0 Å². The van der Waals surface area contributed by atoms with Gasteiger partial charge in [-0.1, -0.05) is 30.3 Å². The van der Waals surface area contributed by atoms with Crippen LogP contribution in [0.4, 0.5) is 0 Å². The Kier molecular flexibility index (Phi) is 8.20. The molecule has 0 spiro atoms. The molecule has 0 saturated carbocycles. The zero-order chi connectivity index (χ0) is 22.9. The molecule has 5 heteroatoms. The summed E-state index contributed by atoms with van der Waals surface area (Å²) in [7, 11) is 0.